The number of nitrogens with zero attached hydrogens (tertiary/aromatic N) is 2. The molecule has 0 atom stereocenters. The highest BCUT2D eigenvalue weighted by atomic mass is 16.2. The lowest BCUT2D eigenvalue weighted by Crippen LogP contribution is -2.44. The number of aromatic nitrogens is 2. The number of fused-ring (bicyclic) bond motifs is 4. The zero-order chi connectivity index (χ0) is 26.7. The van der Waals surface area contributed by atoms with E-state index in [-0.39, 0.29) is 23.3 Å². The Morgan fingerprint density at radius 1 is 0.846 bits per heavy atom. The molecule has 0 saturated heterocycles. The molecule has 6 heteroatoms. The Balaban J connectivity index is 1.40. The minimum Gasteiger partial charge on any atom is -0.277 e. The summed E-state index contributed by atoms with van der Waals surface area (Å²) < 4.78 is 1.74. The van der Waals surface area contributed by atoms with Crippen LogP contribution in [0.4, 0.5) is 5.95 Å². The quantitative estimate of drug-likeness (QED) is 0.313. The molecule has 39 heavy (non-hydrogen) atoms. The molecule has 1 saturated carbocycles. The van der Waals surface area contributed by atoms with Gasteiger partial charge in [0, 0.05) is 17.5 Å². The van der Waals surface area contributed by atoms with E-state index in [1.807, 2.05) is 54.6 Å². The third-order valence-electron chi connectivity index (χ3n) is 8.30. The fourth-order valence-corrected chi connectivity index (χ4v) is 6.38. The second-order valence-corrected chi connectivity index (χ2v) is 10.9. The predicted octanol–water partition coefficient (Wildman–Crippen LogP) is 5.60. The largest absolute Gasteiger partial charge is 0.277 e. The molecule has 0 unspecified atom stereocenters. The third kappa shape index (κ3) is 5.11. The average molecular weight is 519 g/mol. The molecule has 1 spiro atoms. The lowest BCUT2D eigenvalue weighted by atomic mass is 9.62. The van der Waals surface area contributed by atoms with Crippen molar-refractivity contribution in [3.63, 3.8) is 0 Å². The molecular weight excluding hydrogens is 484 g/mol. The van der Waals surface area contributed by atoms with Crippen LogP contribution in [0.1, 0.15) is 54.4 Å². The topological polar surface area (TPSA) is 76.0 Å². The monoisotopic (exact) mass is 518 g/mol. The highest BCUT2D eigenvalue weighted by Gasteiger charge is 2.43. The van der Waals surface area contributed by atoms with Crippen molar-refractivity contribution in [2.75, 3.05) is 5.43 Å². The van der Waals surface area contributed by atoms with Crippen LogP contribution in [0.5, 0.6) is 0 Å². The lowest BCUT2D eigenvalue weighted by molar-refractivity contribution is -0.119. The predicted molar refractivity (Wildman–Crippen MR) is 154 cm³/mol. The van der Waals surface area contributed by atoms with E-state index in [2.05, 4.69) is 41.2 Å². The van der Waals surface area contributed by atoms with Gasteiger partial charge >= 0.3 is 0 Å². The lowest BCUT2D eigenvalue weighted by Gasteiger charge is -2.42. The Bertz CT molecular complexity index is 1520. The summed E-state index contributed by atoms with van der Waals surface area (Å²) in [5.41, 5.74) is 11.6. The molecule has 2 aliphatic rings. The van der Waals surface area contributed by atoms with Crippen molar-refractivity contribution in [1.29, 1.82) is 0 Å². The summed E-state index contributed by atoms with van der Waals surface area (Å²) in [4.78, 5) is 32.3. The maximum absolute atomic E-state index is 14.4. The van der Waals surface area contributed by atoms with Gasteiger partial charge in [0.25, 0.3) is 5.56 Å². The minimum absolute atomic E-state index is 0.00661. The average Bonchev–Trinajstić information content (AvgIpc) is 2.97. The first-order chi connectivity index (χ1) is 19.1. The van der Waals surface area contributed by atoms with Crippen LogP contribution in [0.2, 0.25) is 0 Å². The van der Waals surface area contributed by atoms with Gasteiger partial charge in [0.15, 0.2) is 0 Å². The van der Waals surface area contributed by atoms with Crippen LogP contribution in [0.25, 0.3) is 11.3 Å². The standard InChI is InChI=1S/C33H34N4O2/c38-28(22-25-14-6-2-7-15-25)35-36-32-34-30-27-17-9-8-16-26(27)23-33(19-10-3-11-20-33)29(30)31(39)37(32)21-18-24-12-4-1-5-13-24/h1-2,4-9,12-17H,3,10-11,18-23H2,(H,34,36)(H,35,38). The summed E-state index contributed by atoms with van der Waals surface area (Å²) >= 11 is 0. The van der Waals surface area contributed by atoms with Crippen LogP contribution in [0.15, 0.2) is 89.7 Å². The number of amides is 1. The van der Waals surface area contributed by atoms with Crippen molar-refractivity contribution in [1.82, 2.24) is 15.0 Å². The normalized spacial score (nSPS) is 15.3. The Kier molecular flexibility index (Phi) is 7.01. The number of rotatable bonds is 7. The summed E-state index contributed by atoms with van der Waals surface area (Å²) in [6, 6.07) is 28.1. The van der Waals surface area contributed by atoms with Crippen molar-refractivity contribution < 1.29 is 4.79 Å². The van der Waals surface area contributed by atoms with Gasteiger partial charge in [-0.05, 0) is 42.4 Å². The second kappa shape index (κ2) is 10.9. The number of carbonyl (C=O) groups is 1. The Morgan fingerprint density at radius 3 is 2.26 bits per heavy atom. The number of aryl methyl sites for hydroxylation is 1. The number of hydrogen-bond acceptors (Lipinski definition) is 4. The smallest absolute Gasteiger partial charge is 0.259 e. The van der Waals surface area contributed by atoms with E-state index in [0.29, 0.717) is 18.9 Å². The summed E-state index contributed by atoms with van der Waals surface area (Å²) in [5, 5.41) is 0. The number of hydrazine groups is 1. The number of carbonyl (C=O) groups excluding carboxylic acids is 1. The van der Waals surface area contributed by atoms with Gasteiger partial charge in [0.2, 0.25) is 11.9 Å². The van der Waals surface area contributed by atoms with E-state index < -0.39 is 0 Å². The van der Waals surface area contributed by atoms with Crippen molar-refractivity contribution in [3.05, 3.63) is 118 Å². The molecule has 6 rings (SSSR count). The van der Waals surface area contributed by atoms with Gasteiger partial charge < -0.3 is 0 Å². The van der Waals surface area contributed by atoms with Gasteiger partial charge in [-0.3, -0.25) is 25.0 Å². The van der Waals surface area contributed by atoms with Crippen LogP contribution in [0, 0.1) is 0 Å². The van der Waals surface area contributed by atoms with E-state index >= 15 is 0 Å². The van der Waals surface area contributed by atoms with E-state index in [1.165, 1.54) is 12.0 Å². The van der Waals surface area contributed by atoms with Gasteiger partial charge in [0.05, 0.1) is 17.7 Å². The van der Waals surface area contributed by atoms with Crippen molar-refractivity contribution >= 4 is 11.9 Å². The Hall–Kier alpha value is -4.19. The fourth-order valence-electron chi connectivity index (χ4n) is 6.38. The molecule has 198 valence electrons. The maximum atomic E-state index is 14.4. The van der Waals surface area contributed by atoms with Crippen molar-refractivity contribution in [2.24, 2.45) is 0 Å². The van der Waals surface area contributed by atoms with Crippen LogP contribution in [0.3, 0.4) is 0 Å². The molecule has 0 radical (unpaired) electrons. The summed E-state index contributed by atoms with van der Waals surface area (Å²) in [6.07, 6.45) is 7.28. The highest BCUT2D eigenvalue weighted by Crippen LogP contribution is 2.48. The number of nitrogens with one attached hydrogen (secondary N) is 2. The molecule has 1 heterocycles. The molecule has 2 aliphatic carbocycles. The summed E-state index contributed by atoms with van der Waals surface area (Å²) in [5.74, 6) is 0.186. The first-order valence-corrected chi connectivity index (χ1v) is 14.0. The minimum atomic E-state index is -0.188. The van der Waals surface area contributed by atoms with Gasteiger partial charge in [-0.25, -0.2) is 4.98 Å². The SMILES string of the molecule is O=C(Cc1ccccc1)NNc1nc2c(c(=O)n1CCc1ccccc1)C1(CCCCC1)Cc1ccccc1-2. The van der Waals surface area contributed by atoms with Crippen LogP contribution in [-0.2, 0) is 36.0 Å². The number of benzene rings is 3. The molecule has 1 amide bonds. The third-order valence-corrected chi connectivity index (χ3v) is 8.30. The van der Waals surface area contributed by atoms with E-state index in [9.17, 15) is 9.59 Å². The Labute approximate surface area is 229 Å². The molecule has 3 aromatic carbocycles. The second-order valence-electron chi connectivity index (χ2n) is 10.9. The van der Waals surface area contributed by atoms with Gasteiger partial charge in [-0.1, -0.05) is 104 Å². The van der Waals surface area contributed by atoms with E-state index in [1.54, 1.807) is 4.57 Å². The summed E-state index contributed by atoms with van der Waals surface area (Å²) in [6.45, 7) is 0.470. The first kappa shape index (κ1) is 25.1. The first-order valence-electron chi connectivity index (χ1n) is 14.0. The maximum Gasteiger partial charge on any atom is 0.259 e. The zero-order valence-corrected chi connectivity index (χ0v) is 22.2. The molecule has 1 aromatic heterocycles. The molecule has 0 bridgehead atoms. The molecule has 6 nitrogen and oxygen atoms in total. The van der Waals surface area contributed by atoms with Crippen LogP contribution in [-0.4, -0.2) is 15.5 Å². The Morgan fingerprint density at radius 2 is 1.51 bits per heavy atom. The van der Waals surface area contributed by atoms with Gasteiger partial charge in [-0.2, -0.15) is 0 Å². The van der Waals surface area contributed by atoms with Crippen molar-refractivity contribution in [3.8, 4) is 11.3 Å². The highest BCUT2D eigenvalue weighted by molar-refractivity contribution is 5.79. The van der Waals surface area contributed by atoms with E-state index in [0.717, 1.165) is 60.1 Å². The van der Waals surface area contributed by atoms with Crippen molar-refractivity contribution in [2.45, 2.75) is 63.3 Å². The zero-order valence-electron chi connectivity index (χ0n) is 22.2. The molecule has 2 N–H and O–H groups in total. The van der Waals surface area contributed by atoms with E-state index in [4.69, 9.17) is 4.98 Å². The molecular formula is C33H34N4O2. The molecule has 1 fully saturated rings. The van der Waals surface area contributed by atoms with Gasteiger partial charge in [-0.15, -0.1) is 0 Å². The fraction of sp³-hybridized carbons (Fsp3) is 0.303. The van der Waals surface area contributed by atoms with Gasteiger partial charge in [0.1, 0.15) is 0 Å². The molecule has 4 aromatic rings. The summed E-state index contributed by atoms with van der Waals surface area (Å²) in [7, 11) is 0. The van der Waals surface area contributed by atoms with Crippen LogP contribution >= 0.6 is 0 Å². The number of hydrogen-bond donors (Lipinski definition) is 2. The molecule has 0 aliphatic heterocycles. The number of anilines is 1. The van der Waals surface area contributed by atoms with Crippen LogP contribution < -0.4 is 16.4 Å².